The van der Waals surface area contributed by atoms with Crippen molar-refractivity contribution in [2.45, 2.75) is 38.8 Å². The maximum Gasteiger partial charge on any atom is 0.128 e. The summed E-state index contributed by atoms with van der Waals surface area (Å²) in [4.78, 5) is 2.33. The Bertz CT molecular complexity index is 489. The van der Waals surface area contributed by atoms with Crippen molar-refractivity contribution >= 4 is 0 Å². The zero-order chi connectivity index (χ0) is 13.7. The van der Waals surface area contributed by atoms with Crippen LogP contribution in [-0.2, 0) is 6.54 Å². The van der Waals surface area contributed by atoms with Crippen molar-refractivity contribution in [3.8, 4) is 11.8 Å². The van der Waals surface area contributed by atoms with Gasteiger partial charge in [0.15, 0.2) is 0 Å². The van der Waals surface area contributed by atoms with Gasteiger partial charge in [0.05, 0.1) is 0 Å². The molecule has 1 aromatic carbocycles. The van der Waals surface area contributed by atoms with Gasteiger partial charge in [-0.1, -0.05) is 24.3 Å². The Labute approximate surface area is 114 Å². The summed E-state index contributed by atoms with van der Waals surface area (Å²) in [5.74, 6) is 5.04. The normalized spacial score (nSPS) is 19.8. The Morgan fingerprint density at radius 1 is 1.42 bits per heavy atom. The van der Waals surface area contributed by atoms with Crippen molar-refractivity contribution in [1.29, 1.82) is 0 Å². The molecular weight excluding hydrogens is 241 g/mol. The molecule has 0 bridgehead atoms. The van der Waals surface area contributed by atoms with Gasteiger partial charge in [0.25, 0.3) is 0 Å². The molecule has 0 amide bonds. The Kier molecular flexibility index (Phi) is 4.95. The average Bonchev–Trinajstić information content (AvgIpc) is 2.41. The molecule has 102 valence electrons. The van der Waals surface area contributed by atoms with E-state index >= 15 is 0 Å². The molecule has 0 aliphatic carbocycles. The van der Waals surface area contributed by atoms with E-state index in [2.05, 4.69) is 23.7 Å². The number of hydrogen-bond acceptors (Lipinski definition) is 2. The molecule has 0 aromatic heterocycles. The molecular formula is C16H20FNO. The lowest BCUT2D eigenvalue weighted by Crippen LogP contribution is -2.36. The smallest absolute Gasteiger partial charge is 0.128 e. The van der Waals surface area contributed by atoms with Gasteiger partial charge < -0.3 is 5.11 Å². The number of halogens is 1. The second-order valence-corrected chi connectivity index (χ2v) is 5.08. The van der Waals surface area contributed by atoms with Gasteiger partial charge in [0, 0.05) is 23.7 Å². The maximum absolute atomic E-state index is 14.0. The Morgan fingerprint density at radius 3 is 2.95 bits per heavy atom. The molecule has 1 unspecified atom stereocenters. The molecule has 1 fully saturated rings. The highest BCUT2D eigenvalue weighted by Crippen LogP contribution is 2.20. The zero-order valence-electron chi connectivity index (χ0n) is 11.3. The van der Waals surface area contributed by atoms with E-state index in [4.69, 9.17) is 5.11 Å². The summed E-state index contributed by atoms with van der Waals surface area (Å²) in [5.41, 5.74) is 1.34. The number of hydrogen-bond donors (Lipinski definition) is 1. The van der Waals surface area contributed by atoms with Crippen LogP contribution in [0.5, 0.6) is 0 Å². The first kappa shape index (κ1) is 14.0. The van der Waals surface area contributed by atoms with Crippen molar-refractivity contribution in [3.05, 3.63) is 35.1 Å². The first-order chi connectivity index (χ1) is 9.20. The quantitative estimate of drug-likeness (QED) is 0.827. The largest absolute Gasteiger partial charge is 0.384 e. The predicted molar refractivity (Wildman–Crippen MR) is 74.1 cm³/mol. The fourth-order valence-electron chi connectivity index (χ4n) is 2.51. The zero-order valence-corrected chi connectivity index (χ0v) is 11.3. The molecule has 0 radical (unpaired) electrons. The van der Waals surface area contributed by atoms with E-state index in [-0.39, 0.29) is 12.4 Å². The number of piperidine rings is 1. The molecule has 0 saturated carbocycles. The number of benzene rings is 1. The fraction of sp³-hybridized carbons (Fsp3) is 0.500. The van der Waals surface area contributed by atoms with Crippen LogP contribution < -0.4 is 0 Å². The minimum atomic E-state index is -0.206. The monoisotopic (exact) mass is 261 g/mol. The van der Waals surface area contributed by atoms with Gasteiger partial charge in [0.2, 0.25) is 0 Å². The van der Waals surface area contributed by atoms with Crippen LogP contribution in [0, 0.1) is 17.7 Å². The van der Waals surface area contributed by atoms with Gasteiger partial charge >= 0.3 is 0 Å². The fourth-order valence-corrected chi connectivity index (χ4v) is 2.51. The molecule has 0 spiro atoms. The molecule has 1 aliphatic rings. The third kappa shape index (κ3) is 3.79. The minimum absolute atomic E-state index is 0.200. The van der Waals surface area contributed by atoms with Crippen LogP contribution in [0.4, 0.5) is 4.39 Å². The highest BCUT2D eigenvalue weighted by Gasteiger charge is 2.19. The van der Waals surface area contributed by atoms with Gasteiger partial charge in [-0.05, 0) is 38.4 Å². The molecule has 2 rings (SSSR count). The lowest BCUT2D eigenvalue weighted by molar-refractivity contribution is 0.151. The summed E-state index contributed by atoms with van der Waals surface area (Å²) in [7, 11) is 0. The van der Waals surface area contributed by atoms with Gasteiger partial charge in [0.1, 0.15) is 12.4 Å². The van der Waals surface area contributed by atoms with E-state index in [1.54, 1.807) is 6.07 Å². The first-order valence-electron chi connectivity index (χ1n) is 6.83. The summed E-state index contributed by atoms with van der Waals surface area (Å²) < 4.78 is 14.0. The van der Waals surface area contributed by atoms with E-state index in [9.17, 15) is 4.39 Å². The summed E-state index contributed by atoms with van der Waals surface area (Å²) in [6.07, 6.45) is 3.67. The second-order valence-electron chi connectivity index (χ2n) is 5.08. The molecule has 2 nitrogen and oxygen atoms in total. The van der Waals surface area contributed by atoms with Crippen molar-refractivity contribution in [2.75, 3.05) is 13.2 Å². The highest BCUT2D eigenvalue weighted by atomic mass is 19.1. The molecule has 1 aromatic rings. The summed E-state index contributed by atoms with van der Waals surface area (Å²) in [5, 5.41) is 8.62. The number of rotatable bonds is 2. The number of likely N-dealkylation sites (tertiary alicyclic amines) is 1. The van der Waals surface area contributed by atoms with Crippen LogP contribution in [0.2, 0.25) is 0 Å². The third-order valence-corrected chi connectivity index (χ3v) is 3.68. The number of aliphatic hydroxyl groups excluding tert-OH is 1. The van der Waals surface area contributed by atoms with Crippen LogP contribution in [-0.4, -0.2) is 29.2 Å². The van der Waals surface area contributed by atoms with Crippen LogP contribution >= 0.6 is 0 Å². The number of nitrogens with zero attached hydrogens (tertiary/aromatic N) is 1. The van der Waals surface area contributed by atoms with Gasteiger partial charge in [-0.2, -0.15) is 0 Å². The lowest BCUT2D eigenvalue weighted by Gasteiger charge is -2.33. The summed E-state index contributed by atoms with van der Waals surface area (Å²) >= 11 is 0. The molecule has 3 heteroatoms. The third-order valence-electron chi connectivity index (χ3n) is 3.68. The van der Waals surface area contributed by atoms with Crippen LogP contribution in [0.1, 0.15) is 37.3 Å². The van der Waals surface area contributed by atoms with E-state index in [1.807, 2.05) is 6.07 Å². The molecule has 1 saturated heterocycles. The van der Waals surface area contributed by atoms with Gasteiger partial charge in [-0.25, -0.2) is 4.39 Å². The molecule has 1 N–H and O–H groups in total. The van der Waals surface area contributed by atoms with Crippen LogP contribution in [0.15, 0.2) is 18.2 Å². The standard InChI is InChI=1S/C16H20FNO/c1-13-5-2-3-9-18(13)12-15-8-7-14(6-4-10-19)11-16(15)17/h7-8,11,13,19H,2-3,5,9-10,12H2,1H3. The second kappa shape index (κ2) is 6.70. The van der Waals surface area contributed by atoms with Crippen molar-refractivity contribution in [1.82, 2.24) is 4.90 Å². The predicted octanol–water partition coefficient (Wildman–Crippen LogP) is 2.54. The summed E-state index contributed by atoms with van der Waals surface area (Å²) in [6.45, 7) is 3.72. The van der Waals surface area contributed by atoms with Crippen LogP contribution in [0.25, 0.3) is 0 Å². The molecule has 1 heterocycles. The van der Waals surface area contributed by atoms with E-state index in [0.717, 1.165) is 12.1 Å². The molecule has 1 atom stereocenters. The van der Waals surface area contributed by atoms with E-state index in [0.29, 0.717) is 18.2 Å². The van der Waals surface area contributed by atoms with Gasteiger partial charge in [-0.15, -0.1) is 0 Å². The number of aliphatic hydroxyl groups is 1. The lowest BCUT2D eigenvalue weighted by atomic mass is 10.0. The minimum Gasteiger partial charge on any atom is -0.384 e. The SMILES string of the molecule is CC1CCCCN1Cc1ccc(C#CCO)cc1F. The van der Waals surface area contributed by atoms with E-state index in [1.165, 1.54) is 25.3 Å². The maximum atomic E-state index is 14.0. The molecule has 19 heavy (non-hydrogen) atoms. The first-order valence-corrected chi connectivity index (χ1v) is 6.83. The highest BCUT2D eigenvalue weighted by molar-refractivity contribution is 5.37. The Hall–Kier alpha value is -1.37. The molecule has 1 aliphatic heterocycles. The van der Waals surface area contributed by atoms with Crippen LogP contribution in [0.3, 0.4) is 0 Å². The van der Waals surface area contributed by atoms with Crippen molar-refractivity contribution < 1.29 is 9.50 Å². The Morgan fingerprint density at radius 2 is 2.26 bits per heavy atom. The van der Waals surface area contributed by atoms with Gasteiger partial charge in [-0.3, -0.25) is 4.90 Å². The van der Waals surface area contributed by atoms with Crippen molar-refractivity contribution in [2.24, 2.45) is 0 Å². The summed E-state index contributed by atoms with van der Waals surface area (Å²) in [6, 6.07) is 5.60. The van der Waals surface area contributed by atoms with E-state index < -0.39 is 0 Å². The average molecular weight is 261 g/mol. The Balaban J connectivity index is 2.08. The topological polar surface area (TPSA) is 23.5 Å². The van der Waals surface area contributed by atoms with Crippen molar-refractivity contribution in [3.63, 3.8) is 0 Å².